The average molecular weight is 251 g/mol. The van der Waals surface area contributed by atoms with Gasteiger partial charge in [-0.15, -0.1) is 0 Å². The molecule has 0 spiro atoms. The van der Waals surface area contributed by atoms with Gasteiger partial charge >= 0.3 is 5.97 Å². The number of carboxylic acid groups (broad SMARTS) is 1. The Kier molecular flexibility index (Phi) is 5.65. The normalized spacial score (nSPS) is 12.4. The fourth-order valence-electron chi connectivity index (χ4n) is 1.73. The zero-order valence-corrected chi connectivity index (χ0v) is 11.1. The van der Waals surface area contributed by atoms with E-state index in [2.05, 4.69) is 19.2 Å². The van der Waals surface area contributed by atoms with E-state index in [0.29, 0.717) is 12.5 Å². The van der Waals surface area contributed by atoms with Crippen molar-refractivity contribution in [2.45, 2.75) is 32.7 Å². The number of rotatable bonds is 7. The molecule has 1 unspecified atom stereocenters. The first-order chi connectivity index (χ1) is 8.56. The van der Waals surface area contributed by atoms with E-state index < -0.39 is 12.0 Å². The Balaban J connectivity index is 2.70. The summed E-state index contributed by atoms with van der Waals surface area (Å²) < 4.78 is 5.63. The number of carboxylic acids is 1. The van der Waals surface area contributed by atoms with Crippen molar-refractivity contribution in [1.29, 1.82) is 0 Å². The highest BCUT2D eigenvalue weighted by molar-refractivity contribution is 5.73. The lowest BCUT2D eigenvalue weighted by Crippen LogP contribution is -2.41. The van der Waals surface area contributed by atoms with E-state index in [9.17, 15) is 4.79 Å². The molecule has 2 N–H and O–H groups in total. The van der Waals surface area contributed by atoms with E-state index in [1.54, 1.807) is 0 Å². The smallest absolute Gasteiger partial charge is 0.324 e. The van der Waals surface area contributed by atoms with Gasteiger partial charge in [-0.25, -0.2) is 0 Å². The van der Waals surface area contributed by atoms with Crippen LogP contribution in [-0.2, 0) is 4.79 Å². The number of likely N-dealkylation sites (N-methyl/N-ethyl adjacent to an activating group) is 1. The second-order valence-electron chi connectivity index (χ2n) is 4.45. The number of benzene rings is 1. The first kappa shape index (κ1) is 14.5. The van der Waals surface area contributed by atoms with Crippen LogP contribution >= 0.6 is 0 Å². The molecule has 100 valence electrons. The third-order valence-corrected chi connectivity index (χ3v) is 2.70. The number of carbonyl (C=O) groups is 1. The molecule has 1 atom stereocenters. The molecule has 18 heavy (non-hydrogen) atoms. The van der Waals surface area contributed by atoms with Gasteiger partial charge in [-0.05, 0) is 24.1 Å². The average Bonchev–Trinajstić information content (AvgIpc) is 2.34. The lowest BCUT2D eigenvalue weighted by atomic mass is 10.0. The molecule has 0 bridgehead atoms. The number of hydrogen-bond acceptors (Lipinski definition) is 3. The summed E-state index contributed by atoms with van der Waals surface area (Å²) in [6, 6.07) is 7.06. The van der Waals surface area contributed by atoms with Crippen molar-refractivity contribution in [2.24, 2.45) is 0 Å². The molecular weight excluding hydrogens is 230 g/mol. The summed E-state index contributed by atoms with van der Waals surface area (Å²) in [4.78, 5) is 11.0. The van der Waals surface area contributed by atoms with Gasteiger partial charge in [0.15, 0.2) is 0 Å². The van der Waals surface area contributed by atoms with Gasteiger partial charge in [0.05, 0.1) is 0 Å². The summed E-state index contributed by atoms with van der Waals surface area (Å²) >= 11 is 0. The first-order valence-corrected chi connectivity index (χ1v) is 6.24. The van der Waals surface area contributed by atoms with Crippen LogP contribution in [0.4, 0.5) is 0 Å². The highest BCUT2D eigenvalue weighted by atomic mass is 16.5. The van der Waals surface area contributed by atoms with Crippen LogP contribution in [0.5, 0.6) is 5.75 Å². The molecule has 0 aliphatic rings. The van der Waals surface area contributed by atoms with Crippen LogP contribution in [0.2, 0.25) is 0 Å². The van der Waals surface area contributed by atoms with Gasteiger partial charge in [0, 0.05) is 0 Å². The highest BCUT2D eigenvalue weighted by Gasteiger charge is 2.17. The van der Waals surface area contributed by atoms with Crippen molar-refractivity contribution in [3.05, 3.63) is 29.8 Å². The van der Waals surface area contributed by atoms with Crippen molar-refractivity contribution in [3.63, 3.8) is 0 Å². The van der Waals surface area contributed by atoms with E-state index in [1.165, 1.54) is 0 Å². The van der Waals surface area contributed by atoms with Crippen molar-refractivity contribution in [1.82, 2.24) is 5.32 Å². The molecule has 0 heterocycles. The maximum atomic E-state index is 11.0. The largest absolute Gasteiger partial charge is 0.491 e. The fraction of sp³-hybridized carbons (Fsp3) is 0.500. The molecule has 0 saturated heterocycles. The molecule has 0 aliphatic carbocycles. The minimum absolute atomic E-state index is 0.132. The third kappa shape index (κ3) is 4.04. The molecule has 0 saturated carbocycles. The summed E-state index contributed by atoms with van der Waals surface area (Å²) in [5, 5.41) is 11.9. The number of para-hydroxylation sites is 1. The van der Waals surface area contributed by atoms with Gasteiger partial charge in [0.2, 0.25) is 0 Å². The lowest BCUT2D eigenvalue weighted by Gasteiger charge is -2.17. The van der Waals surface area contributed by atoms with E-state index in [-0.39, 0.29) is 6.61 Å². The number of nitrogens with one attached hydrogen (secondary N) is 1. The second kappa shape index (κ2) is 7.01. The molecule has 0 aliphatic heterocycles. The summed E-state index contributed by atoms with van der Waals surface area (Å²) in [6.45, 7) is 6.78. The molecule has 0 radical (unpaired) electrons. The topological polar surface area (TPSA) is 58.6 Å². The molecule has 4 heteroatoms. The van der Waals surface area contributed by atoms with Crippen LogP contribution in [0.15, 0.2) is 24.3 Å². The summed E-state index contributed by atoms with van der Waals surface area (Å²) in [5.41, 5.74) is 1.10. The Bertz CT molecular complexity index is 390. The third-order valence-electron chi connectivity index (χ3n) is 2.70. The second-order valence-corrected chi connectivity index (χ2v) is 4.45. The lowest BCUT2D eigenvalue weighted by molar-refractivity contribution is -0.140. The van der Waals surface area contributed by atoms with Crippen LogP contribution in [0.3, 0.4) is 0 Å². The Morgan fingerprint density at radius 3 is 2.61 bits per heavy atom. The molecule has 1 aromatic rings. The fourth-order valence-corrected chi connectivity index (χ4v) is 1.73. The molecule has 0 aromatic heterocycles. The van der Waals surface area contributed by atoms with Crippen LogP contribution in [-0.4, -0.2) is 30.3 Å². The van der Waals surface area contributed by atoms with E-state index in [1.807, 2.05) is 31.2 Å². The monoisotopic (exact) mass is 251 g/mol. The van der Waals surface area contributed by atoms with E-state index in [0.717, 1.165) is 11.3 Å². The highest BCUT2D eigenvalue weighted by Crippen LogP contribution is 2.25. The maximum absolute atomic E-state index is 11.0. The molecule has 0 fully saturated rings. The number of hydrogen-bond donors (Lipinski definition) is 2. The van der Waals surface area contributed by atoms with Gasteiger partial charge in [-0.2, -0.15) is 0 Å². The minimum atomic E-state index is -0.890. The number of aliphatic carboxylic acids is 1. The van der Waals surface area contributed by atoms with E-state index in [4.69, 9.17) is 9.84 Å². The summed E-state index contributed by atoms with van der Waals surface area (Å²) in [6.07, 6.45) is 0. The van der Waals surface area contributed by atoms with E-state index >= 15 is 0 Å². The van der Waals surface area contributed by atoms with Gasteiger partial charge in [-0.3, -0.25) is 4.79 Å². The quantitative estimate of drug-likeness (QED) is 0.780. The minimum Gasteiger partial charge on any atom is -0.491 e. The predicted octanol–water partition coefficient (Wildman–Crippen LogP) is 2.25. The Morgan fingerprint density at radius 1 is 1.39 bits per heavy atom. The maximum Gasteiger partial charge on any atom is 0.324 e. The molecule has 4 nitrogen and oxygen atoms in total. The summed E-state index contributed by atoms with van der Waals surface area (Å²) in [7, 11) is 0. The Hall–Kier alpha value is -1.55. The number of ether oxygens (including phenoxy) is 1. The van der Waals surface area contributed by atoms with Gasteiger partial charge in [0.25, 0.3) is 0 Å². The van der Waals surface area contributed by atoms with Crippen LogP contribution in [0, 0.1) is 0 Å². The van der Waals surface area contributed by atoms with Gasteiger partial charge in [0.1, 0.15) is 18.4 Å². The predicted molar refractivity (Wildman–Crippen MR) is 71.1 cm³/mol. The Labute approximate surface area is 108 Å². The van der Waals surface area contributed by atoms with Crippen molar-refractivity contribution >= 4 is 5.97 Å². The molecular formula is C14H21NO3. The molecule has 1 aromatic carbocycles. The summed E-state index contributed by atoms with van der Waals surface area (Å²) in [5.74, 6) is 0.221. The van der Waals surface area contributed by atoms with Crippen LogP contribution in [0.25, 0.3) is 0 Å². The van der Waals surface area contributed by atoms with Crippen molar-refractivity contribution in [3.8, 4) is 5.75 Å². The standard InChI is InChI=1S/C14H21NO3/c1-4-15-12(14(16)17)9-18-13-8-6-5-7-11(13)10(2)3/h5-8,10,12,15H,4,9H2,1-3H3,(H,16,17). The van der Waals surface area contributed by atoms with Gasteiger partial charge in [-0.1, -0.05) is 39.0 Å². The SMILES string of the molecule is CCNC(COc1ccccc1C(C)C)C(=O)O. The molecule has 0 amide bonds. The molecule has 1 rings (SSSR count). The Morgan fingerprint density at radius 2 is 2.06 bits per heavy atom. The van der Waals surface area contributed by atoms with Crippen molar-refractivity contribution in [2.75, 3.05) is 13.2 Å². The van der Waals surface area contributed by atoms with Crippen molar-refractivity contribution < 1.29 is 14.6 Å². The van der Waals surface area contributed by atoms with Crippen LogP contribution in [0.1, 0.15) is 32.3 Å². The zero-order chi connectivity index (χ0) is 13.5. The van der Waals surface area contributed by atoms with Crippen LogP contribution < -0.4 is 10.1 Å². The zero-order valence-electron chi connectivity index (χ0n) is 11.1. The van der Waals surface area contributed by atoms with Gasteiger partial charge < -0.3 is 15.2 Å². The first-order valence-electron chi connectivity index (χ1n) is 6.24.